The Labute approximate surface area is 258 Å². The topological polar surface area (TPSA) is 47.6 Å². The van der Waals surface area contributed by atoms with E-state index in [-0.39, 0.29) is 0 Å². The molecule has 0 radical (unpaired) electrons. The SMILES string of the molecule is N#CC12Cc3cc4c(cc3C1)CC(C#N)(C4)c1ccc(cc1)-c1ccc(cc1)C#CC#Cc1ccc(cc1)-c1ccc2cc1. The maximum absolute atomic E-state index is 10.5. The summed E-state index contributed by atoms with van der Waals surface area (Å²) in [7, 11) is 0. The predicted molar refractivity (Wildman–Crippen MR) is 173 cm³/mol. The van der Waals surface area contributed by atoms with Crippen LogP contribution in [0, 0.1) is 46.3 Å². The molecule has 5 aromatic carbocycles. The van der Waals surface area contributed by atoms with Gasteiger partial charge in [-0.3, -0.25) is 0 Å². The molecule has 0 spiro atoms. The van der Waals surface area contributed by atoms with E-state index >= 15 is 0 Å². The first kappa shape index (κ1) is 25.9. The summed E-state index contributed by atoms with van der Waals surface area (Å²) in [4.78, 5) is 0. The zero-order chi connectivity index (χ0) is 29.7. The Kier molecular flexibility index (Phi) is 5.82. The molecule has 0 saturated heterocycles. The highest BCUT2D eigenvalue weighted by Gasteiger charge is 2.43. The second-order valence-electron chi connectivity index (χ2n) is 12.3. The molecule has 2 nitrogen and oxygen atoms in total. The van der Waals surface area contributed by atoms with Crippen LogP contribution in [0.2, 0.25) is 0 Å². The van der Waals surface area contributed by atoms with E-state index in [0.717, 1.165) is 44.5 Å². The third kappa shape index (κ3) is 4.21. The Hall–Kier alpha value is -5.80. The van der Waals surface area contributed by atoms with Crippen molar-refractivity contribution >= 4 is 0 Å². The van der Waals surface area contributed by atoms with Crippen molar-refractivity contribution < 1.29 is 0 Å². The van der Waals surface area contributed by atoms with Crippen molar-refractivity contribution in [3.8, 4) is 58.1 Å². The van der Waals surface area contributed by atoms with Crippen LogP contribution >= 0.6 is 0 Å². The molecule has 0 amide bonds. The van der Waals surface area contributed by atoms with Gasteiger partial charge in [0.2, 0.25) is 0 Å². The van der Waals surface area contributed by atoms with E-state index in [4.69, 9.17) is 0 Å². The maximum atomic E-state index is 10.5. The van der Waals surface area contributed by atoms with E-state index < -0.39 is 10.8 Å². The highest BCUT2D eigenvalue weighted by Crippen LogP contribution is 2.46. The van der Waals surface area contributed by atoms with Crippen LogP contribution in [0.15, 0.2) is 109 Å². The smallest absolute Gasteiger partial charge is 0.0902 e. The molecule has 0 aromatic heterocycles. The van der Waals surface area contributed by atoms with Crippen molar-refractivity contribution in [3.05, 3.63) is 154 Å². The Morgan fingerprint density at radius 1 is 0.432 bits per heavy atom. The number of nitrogens with zero attached hydrogens (tertiary/aromatic N) is 2. The predicted octanol–water partition coefficient (Wildman–Crippen LogP) is 7.86. The summed E-state index contributed by atoms with van der Waals surface area (Å²) in [5.74, 6) is 12.3. The van der Waals surface area contributed by atoms with E-state index in [1.54, 1.807) is 0 Å². The van der Waals surface area contributed by atoms with Gasteiger partial charge in [0, 0.05) is 11.1 Å². The molecule has 12 aliphatic carbocycles. The Balaban J connectivity index is 1.22. The van der Waals surface area contributed by atoms with Gasteiger partial charge < -0.3 is 0 Å². The zero-order valence-electron chi connectivity index (χ0n) is 24.1. The summed E-state index contributed by atoms with van der Waals surface area (Å²) >= 11 is 0. The lowest BCUT2D eigenvalue weighted by atomic mass is 9.78. The summed E-state index contributed by atoms with van der Waals surface area (Å²) < 4.78 is 0. The van der Waals surface area contributed by atoms with Gasteiger partial charge in [-0.05, 0) is 117 Å². The number of benzene rings is 5. The van der Waals surface area contributed by atoms with E-state index in [9.17, 15) is 10.5 Å². The van der Waals surface area contributed by atoms with Crippen LogP contribution in [0.1, 0.15) is 44.5 Å². The lowest BCUT2D eigenvalue weighted by molar-refractivity contribution is 0.580. The first-order chi connectivity index (χ1) is 21.6. The minimum absolute atomic E-state index is 0.583. The largest absolute Gasteiger partial charge is 0.197 e. The van der Waals surface area contributed by atoms with Crippen molar-refractivity contribution in [1.29, 1.82) is 10.5 Å². The molecule has 14 bridgehead atoms. The lowest BCUT2D eigenvalue weighted by Gasteiger charge is -2.22. The summed E-state index contributed by atoms with van der Waals surface area (Å²) in [5, 5.41) is 21.0. The summed E-state index contributed by atoms with van der Waals surface area (Å²) in [6.45, 7) is 0. The molecule has 0 unspecified atom stereocenters. The van der Waals surface area contributed by atoms with E-state index in [0.29, 0.717) is 25.7 Å². The Morgan fingerprint density at radius 3 is 1.02 bits per heavy atom. The molecular formula is C42H26N2. The highest BCUT2D eigenvalue weighted by molar-refractivity contribution is 5.67. The molecule has 0 N–H and O–H groups in total. The van der Waals surface area contributed by atoms with Crippen LogP contribution in [0.25, 0.3) is 22.3 Å². The molecule has 44 heavy (non-hydrogen) atoms. The van der Waals surface area contributed by atoms with Crippen LogP contribution in [0.4, 0.5) is 0 Å². The third-order valence-electron chi connectivity index (χ3n) is 9.71. The molecule has 17 rings (SSSR count). The van der Waals surface area contributed by atoms with Gasteiger partial charge in [-0.2, -0.15) is 10.5 Å². The van der Waals surface area contributed by atoms with Crippen molar-refractivity contribution in [3.63, 3.8) is 0 Å². The molecule has 0 heterocycles. The van der Waals surface area contributed by atoms with Gasteiger partial charge in [-0.15, -0.1) is 0 Å². The van der Waals surface area contributed by atoms with Gasteiger partial charge in [-0.25, -0.2) is 0 Å². The summed E-state index contributed by atoms with van der Waals surface area (Å²) in [6.07, 6.45) is 2.76. The zero-order valence-corrected chi connectivity index (χ0v) is 24.1. The highest BCUT2D eigenvalue weighted by atomic mass is 14.5. The van der Waals surface area contributed by atoms with Gasteiger partial charge in [0.05, 0.1) is 23.0 Å². The molecule has 0 atom stereocenters. The van der Waals surface area contributed by atoms with Gasteiger partial charge in [0.25, 0.3) is 0 Å². The monoisotopic (exact) mass is 558 g/mol. The quantitative estimate of drug-likeness (QED) is 0.182. The summed E-state index contributed by atoms with van der Waals surface area (Å²) in [6, 6.07) is 43.3. The lowest BCUT2D eigenvalue weighted by Crippen LogP contribution is -2.25. The minimum atomic E-state index is -0.583. The molecule has 12 aliphatic rings. The van der Waals surface area contributed by atoms with E-state index in [1.165, 1.54) is 22.3 Å². The van der Waals surface area contributed by atoms with Crippen LogP contribution < -0.4 is 0 Å². The number of hydrogen-bond acceptors (Lipinski definition) is 2. The van der Waals surface area contributed by atoms with Crippen LogP contribution in [0.5, 0.6) is 0 Å². The fourth-order valence-electron chi connectivity index (χ4n) is 7.23. The average molecular weight is 559 g/mol. The minimum Gasteiger partial charge on any atom is -0.197 e. The molecule has 204 valence electrons. The van der Waals surface area contributed by atoms with Gasteiger partial charge in [-0.1, -0.05) is 96.8 Å². The van der Waals surface area contributed by atoms with Gasteiger partial charge in [0.15, 0.2) is 0 Å². The van der Waals surface area contributed by atoms with E-state index in [1.807, 2.05) is 24.3 Å². The number of rotatable bonds is 0. The van der Waals surface area contributed by atoms with Gasteiger partial charge in [0.1, 0.15) is 0 Å². The molecule has 5 aromatic rings. The Bertz CT molecular complexity index is 1970. The standard InChI is InChI=1S/C42H26N2/c43-27-41-23-35-21-37-25-42(28-44,26-38(37)22-36(35)24-41)40-19-15-34(16-20-40)32-11-7-30(8-12-32)4-2-1-3-29-5-9-31(10-6-29)33-13-17-39(41)18-14-33/h5-22H,23-26H2. The second-order valence-corrected chi connectivity index (χ2v) is 12.3. The number of nitriles is 2. The second kappa shape index (κ2) is 9.89. The average Bonchev–Trinajstić information content (AvgIpc) is 3.64. The molecule has 0 aliphatic heterocycles. The first-order valence-electron chi connectivity index (χ1n) is 15.0. The normalized spacial score (nSPS) is 20.0. The van der Waals surface area contributed by atoms with Crippen LogP contribution in [0.3, 0.4) is 0 Å². The molecule has 0 saturated carbocycles. The van der Waals surface area contributed by atoms with Crippen LogP contribution in [-0.2, 0) is 36.5 Å². The van der Waals surface area contributed by atoms with Gasteiger partial charge >= 0.3 is 0 Å². The first-order valence-corrected chi connectivity index (χ1v) is 15.0. The molecule has 0 fully saturated rings. The maximum Gasteiger partial charge on any atom is 0.0902 e. The van der Waals surface area contributed by atoms with Crippen molar-refractivity contribution in [2.75, 3.05) is 0 Å². The summed E-state index contributed by atoms with van der Waals surface area (Å²) in [5.41, 5.74) is 12.2. The van der Waals surface area contributed by atoms with Crippen molar-refractivity contribution in [2.45, 2.75) is 36.5 Å². The number of hydrogen-bond donors (Lipinski definition) is 0. The Morgan fingerprint density at radius 2 is 0.727 bits per heavy atom. The third-order valence-corrected chi connectivity index (χ3v) is 9.71. The fraction of sp³-hybridized carbons (Fsp3) is 0.143. The molecular weight excluding hydrogens is 532 g/mol. The van der Waals surface area contributed by atoms with E-state index in [2.05, 4.69) is 121 Å². The van der Waals surface area contributed by atoms with Crippen molar-refractivity contribution in [1.82, 2.24) is 0 Å². The fourth-order valence-corrected chi connectivity index (χ4v) is 7.23. The van der Waals surface area contributed by atoms with Crippen LogP contribution in [-0.4, -0.2) is 0 Å². The van der Waals surface area contributed by atoms with Crippen molar-refractivity contribution in [2.24, 2.45) is 0 Å². The molecule has 2 heteroatoms.